The van der Waals surface area contributed by atoms with Gasteiger partial charge in [0, 0.05) is 42.6 Å². The van der Waals surface area contributed by atoms with Crippen molar-refractivity contribution in [3.63, 3.8) is 0 Å². The van der Waals surface area contributed by atoms with Gasteiger partial charge in [-0.05, 0) is 55.8 Å². The molecule has 2 rings (SSSR count). The molecule has 0 amide bonds. The van der Waals surface area contributed by atoms with Gasteiger partial charge in [0.15, 0.2) is 0 Å². The molecule has 3 nitrogen and oxygen atoms in total. The number of halogens is 2. The van der Waals surface area contributed by atoms with Crippen LogP contribution in [0.5, 0.6) is 0 Å². The summed E-state index contributed by atoms with van der Waals surface area (Å²) in [5, 5.41) is 9.54. The van der Waals surface area contributed by atoms with Gasteiger partial charge in [-0.25, -0.2) is 0 Å². The van der Waals surface area contributed by atoms with Crippen LogP contribution in [0.25, 0.3) is 0 Å². The lowest BCUT2D eigenvalue weighted by Gasteiger charge is -2.24. The maximum Gasteiger partial charge on any atom is 0.129 e. The second kappa shape index (κ2) is 7.24. The van der Waals surface area contributed by atoms with Crippen LogP contribution < -0.4 is 4.90 Å². The van der Waals surface area contributed by atoms with Gasteiger partial charge < -0.3 is 9.80 Å². The molecule has 0 aliphatic heterocycles. The molecule has 0 aromatic heterocycles. The van der Waals surface area contributed by atoms with Crippen LogP contribution in [0, 0.1) is 12.3 Å². The van der Waals surface area contributed by atoms with E-state index in [2.05, 4.69) is 4.90 Å². The second-order valence-electron chi connectivity index (χ2n) is 5.52. The molecule has 0 aliphatic rings. The van der Waals surface area contributed by atoms with Gasteiger partial charge in [-0.2, -0.15) is 0 Å². The third-order valence-corrected chi connectivity index (χ3v) is 4.54. The Morgan fingerprint density at radius 3 is 2.26 bits per heavy atom. The summed E-state index contributed by atoms with van der Waals surface area (Å²) in [6, 6.07) is 11.6. The minimum absolute atomic E-state index is 0.432. The Kier molecular flexibility index (Phi) is 5.55. The molecule has 5 heteroatoms. The fourth-order valence-electron chi connectivity index (χ4n) is 2.38. The second-order valence-corrected chi connectivity index (χ2v) is 6.36. The molecule has 0 aliphatic carbocycles. The molecular weight excluding hydrogens is 329 g/mol. The first-order chi connectivity index (χ1) is 10.8. The van der Waals surface area contributed by atoms with E-state index >= 15 is 0 Å². The highest BCUT2D eigenvalue weighted by Gasteiger charge is 2.15. The van der Waals surface area contributed by atoms with Gasteiger partial charge in [0.2, 0.25) is 0 Å². The third kappa shape index (κ3) is 3.80. The molecule has 0 heterocycles. The van der Waals surface area contributed by atoms with Gasteiger partial charge >= 0.3 is 0 Å². The number of nitrogens with zero attached hydrogens (tertiary/aromatic N) is 2. The van der Waals surface area contributed by atoms with E-state index in [1.165, 1.54) is 0 Å². The van der Waals surface area contributed by atoms with E-state index in [4.69, 9.17) is 28.6 Å². The average Bonchev–Trinajstić information content (AvgIpc) is 2.55. The molecule has 0 spiro atoms. The molecule has 0 radical (unpaired) electrons. The normalized spacial score (nSPS) is 10.5. The van der Waals surface area contributed by atoms with Crippen molar-refractivity contribution < 1.29 is 0 Å². The molecule has 0 saturated heterocycles. The Balaban J connectivity index is 2.40. The smallest absolute Gasteiger partial charge is 0.129 e. The molecule has 0 bridgehead atoms. The average molecular weight is 350 g/mol. The molecule has 0 atom stereocenters. The molecule has 23 heavy (non-hydrogen) atoms. The topological polar surface area (TPSA) is 30.3 Å². The Labute approximate surface area is 147 Å². The zero-order chi connectivity index (χ0) is 17.1. The van der Waals surface area contributed by atoms with Crippen LogP contribution in [0.1, 0.15) is 18.1 Å². The molecule has 0 saturated carbocycles. The summed E-state index contributed by atoms with van der Waals surface area (Å²) in [5.41, 5.74) is 3.85. The SMILES string of the molecule is CCN(C)C(=N)c1cc(C)c(N(C)c2ccc(Cl)cc2)cc1Cl. The highest BCUT2D eigenvalue weighted by molar-refractivity contribution is 6.34. The van der Waals surface area contributed by atoms with Gasteiger partial charge in [0.05, 0.1) is 5.02 Å². The molecule has 1 N–H and O–H groups in total. The first kappa shape index (κ1) is 17.6. The van der Waals surface area contributed by atoms with E-state index in [9.17, 15) is 0 Å². The number of aryl methyl sites for hydroxylation is 1. The van der Waals surface area contributed by atoms with Crippen LogP contribution in [0.2, 0.25) is 10.0 Å². The van der Waals surface area contributed by atoms with E-state index in [-0.39, 0.29) is 0 Å². The van der Waals surface area contributed by atoms with Crippen molar-refractivity contribution in [2.45, 2.75) is 13.8 Å². The van der Waals surface area contributed by atoms with E-state index in [0.717, 1.165) is 29.0 Å². The van der Waals surface area contributed by atoms with Crippen molar-refractivity contribution in [1.29, 1.82) is 5.41 Å². The van der Waals surface area contributed by atoms with Crippen molar-refractivity contribution in [2.75, 3.05) is 25.5 Å². The maximum atomic E-state index is 8.25. The van der Waals surface area contributed by atoms with Crippen molar-refractivity contribution in [3.05, 3.63) is 57.6 Å². The van der Waals surface area contributed by atoms with E-state index in [1.54, 1.807) is 0 Å². The highest BCUT2D eigenvalue weighted by Crippen LogP contribution is 2.32. The summed E-state index contributed by atoms with van der Waals surface area (Å²) in [5.74, 6) is 0.432. The minimum atomic E-state index is 0.432. The largest absolute Gasteiger partial charge is 0.360 e. The first-order valence-electron chi connectivity index (χ1n) is 7.44. The molecule has 0 fully saturated rings. The van der Waals surface area contributed by atoms with E-state index < -0.39 is 0 Å². The van der Waals surface area contributed by atoms with Crippen LogP contribution in [0.3, 0.4) is 0 Å². The monoisotopic (exact) mass is 349 g/mol. The number of amidine groups is 1. The van der Waals surface area contributed by atoms with Crippen molar-refractivity contribution in [2.24, 2.45) is 0 Å². The van der Waals surface area contributed by atoms with Gasteiger partial charge in [0.25, 0.3) is 0 Å². The van der Waals surface area contributed by atoms with Crippen molar-refractivity contribution in [3.8, 4) is 0 Å². The summed E-state index contributed by atoms with van der Waals surface area (Å²) in [7, 11) is 3.88. The molecule has 122 valence electrons. The van der Waals surface area contributed by atoms with Crippen molar-refractivity contribution >= 4 is 40.4 Å². The van der Waals surface area contributed by atoms with Crippen LogP contribution >= 0.6 is 23.2 Å². The van der Waals surface area contributed by atoms with Crippen molar-refractivity contribution in [1.82, 2.24) is 4.90 Å². The van der Waals surface area contributed by atoms with Gasteiger partial charge in [-0.15, -0.1) is 0 Å². The lowest BCUT2D eigenvalue weighted by atomic mass is 10.1. The number of anilines is 2. The Morgan fingerprint density at radius 1 is 1.09 bits per heavy atom. The Bertz CT molecular complexity index is 711. The lowest BCUT2D eigenvalue weighted by molar-refractivity contribution is 0.533. The minimum Gasteiger partial charge on any atom is -0.360 e. The summed E-state index contributed by atoms with van der Waals surface area (Å²) in [6.45, 7) is 4.80. The number of nitrogens with one attached hydrogen (secondary N) is 1. The lowest BCUT2D eigenvalue weighted by Crippen LogP contribution is -2.26. The molecule has 0 unspecified atom stereocenters. The highest BCUT2D eigenvalue weighted by atomic mass is 35.5. The van der Waals surface area contributed by atoms with Gasteiger partial charge in [-0.3, -0.25) is 5.41 Å². The third-order valence-electron chi connectivity index (χ3n) is 3.97. The van der Waals surface area contributed by atoms with E-state index in [0.29, 0.717) is 15.9 Å². The molecule has 2 aromatic rings. The number of benzene rings is 2. The fraction of sp³-hybridized carbons (Fsp3) is 0.278. The van der Waals surface area contributed by atoms with Crippen LogP contribution in [0.4, 0.5) is 11.4 Å². The molecular formula is C18H21Cl2N3. The van der Waals surface area contributed by atoms with Crippen LogP contribution in [-0.4, -0.2) is 31.4 Å². The summed E-state index contributed by atoms with van der Waals surface area (Å²) in [6.07, 6.45) is 0. The summed E-state index contributed by atoms with van der Waals surface area (Å²) < 4.78 is 0. The first-order valence-corrected chi connectivity index (χ1v) is 8.20. The van der Waals surface area contributed by atoms with Crippen LogP contribution in [-0.2, 0) is 0 Å². The van der Waals surface area contributed by atoms with Gasteiger partial charge in [0.1, 0.15) is 5.84 Å². The number of hydrogen-bond acceptors (Lipinski definition) is 2. The number of rotatable bonds is 4. The standard InChI is InChI=1S/C18H21Cl2N3/c1-5-22(3)18(21)15-10-12(2)17(11-16(15)20)23(4)14-8-6-13(19)7-9-14/h6-11,21H,5H2,1-4H3. The summed E-state index contributed by atoms with van der Waals surface area (Å²) >= 11 is 12.4. The molecule has 2 aromatic carbocycles. The fourth-order valence-corrected chi connectivity index (χ4v) is 2.75. The van der Waals surface area contributed by atoms with Gasteiger partial charge in [-0.1, -0.05) is 23.2 Å². The predicted octanol–water partition coefficient (Wildman–Crippen LogP) is 5.35. The van der Waals surface area contributed by atoms with Crippen LogP contribution in [0.15, 0.2) is 36.4 Å². The summed E-state index contributed by atoms with van der Waals surface area (Å²) in [4.78, 5) is 3.93. The number of hydrogen-bond donors (Lipinski definition) is 1. The predicted molar refractivity (Wildman–Crippen MR) is 101 cm³/mol. The zero-order valence-electron chi connectivity index (χ0n) is 13.8. The maximum absolute atomic E-state index is 8.25. The quantitative estimate of drug-likeness (QED) is 0.595. The Morgan fingerprint density at radius 2 is 1.70 bits per heavy atom. The zero-order valence-corrected chi connectivity index (χ0v) is 15.3. The van der Waals surface area contributed by atoms with E-state index in [1.807, 2.05) is 69.2 Å². The Hall–Kier alpha value is -1.71.